The Morgan fingerprint density at radius 1 is 1.32 bits per heavy atom. The molecule has 0 saturated heterocycles. The normalized spacial score (nSPS) is 14.8. The van der Waals surface area contributed by atoms with Crippen LogP contribution in [0.4, 0.5) is 20.0 Å². The van der Waals surface area contributed by atoms with Crippen molar-refractivity contribution < 1.29 is 17.6 Å². The number of thiazole rings is 1. The molecule has 0 radical (unpaired) electrons. The molecule has 2 N–H and O–H groups in total. The van der Waals surface area contributed by atoms with Crippen LogP contribution in [-0.4, -0.2) is 36.0 Å². The van der Waals surface area contributed by atoms with Gasteiger partial charge in [-0.15, -0.1) is 0 Å². The van der Waals surface area contributed by atoms with Crippen molar-refractivity contribution in [1.82, 2.24) is 9.29 Å². The number of amides is 2. The Morgan fingerprint density at radius 2 is 2.04 bits per heavy atom. The van der Waals surface area contributed by atoms with E-state index in [4.69, 9.17) is 0 Å². The number of carbonyl (C=O) groups excluding carboxylic acids is 1. The van der Waals surface area contributed by atoms with E-state index < -0.39 is 16.1 Å². The average Bonchev–Trinajstić information content (AvgIpc) is 2.98. The van der Waals surface area contributed by atoms with Gasteiger partial charge in [0, 0.05) is 30.1 Å². The van der Waals surface area contributed by atoms with Crippen LogP contribution in [0.25, 0.3) is 0 Å². The highest BCUT2D eigenvalue weighted by Gasteiger charge is 2.28. The molecule has 2 aromatic rings. The molecule has 0 spiro atoms. The van der Waals surface area contributed by atoms with Crippen LogP contribution in [-0.2, 0) is 23.0 Å². The van der Waals surface area contributed by atoms with Crippen molar-refractivity contribution in [3.05, 3.63) is 40.7 Å². The minimum absolute atomic E-state index is 0.0618. The van der Waals surface area contributed by atoms with Gasteiger partial charge >= 0.3 is 6.03 Å². The molecule has 0 unspecified atom stereocenters. The van der Waals surface area contributed by atoms with Crippen LogP contribution < -0.4 is 10.6 Å². The molecule has 0 atom stereocenters. The minimum Gasteiger partial charge on any atom is -0.308 e. The van der Waals surface area contributed by atoms with Gasteiger partial charge in [-0.1, -0.05) is 11.3 Å². The molecule has 0 saturated carbocycles. The number of nitrogens with zero attached hydrogens (tertiary/aromatic N) is 2. The fourth-order valence-electron chi connectivity index (χ4n) is 2.44. The predicted octanol–water partition coefficient (Wildman–Crippen LogP) is 2.63. The van der Waals surface area contributed by atoms with Gasteiger partial charge in [-0.05, 0) is 31.2 Å². The lowest BCUT2D eigenvalue weighted by Crippen LogP contribution is -2.36. The zero-order valence-electron chi connectivity index (χ0n) is 13.5. The summed E-state index contributed by atoms with van der Waals surface area (Å²) in [5.41, 5.74) is 1.27. The first-order valence-corrected chi connectivity index (χ1v) is 10.1. The van der Waals surface area contributed by atoms with E-state index in [0.717, 1.165) is 10.6 Å². The number of hydrogen-bond donors (Lipinski definition) is 2. The molecule has 134 valence electrons. The van der Waals surface area contributed by atoms with Crippen molar-refractivity contribution in [2.45, 2.75) is 19.9 Å². The van der Waals surface area contributed by atoms with Crippen molar-refractivity contribution in [2.75, 3.05) is 22.9 Å². The molecule has 1 aliphatic heterocycles. The minimum atomic E-state index is -3.24. The van der Waals surface area contributed by atoms with E-state index in [-0.39, 0.29) is 18.1 Å². The standard InChI is InChI=1S/C15H17FN4O3S2/c1-2-25(22,23)20-8-7-12-13(9-20)24-15(18-12)19-14(21)17-11-5-3-10(16)4-6-11/h3-6H,2,7-9H2,1H3,(H2,17,18,19,21). The lowest BCUT2D eigenvalue weighted by atomic mass is 10.2. The molecule has 0 aliphatic carbocycles. The monoisotopic (exact) mass is 384 g/mol. The number of urea groups is 1. The van der Waals surface area contributed by atoms with Crippen molar-refractivity contribution in [1.29, 1.82) is 0 Å². The molecular weight excluding hydrogens is 367 g/mol. The molecule has 1 aromatic heterocycles. The van der Waals surface area contributed by atoms with Crippen LogP contribution in [0.1, 0.15) is 17.5 Å². The fraction of sp³-hybridized carbons (Fsp3) is 0.333. The van der Waals surface area contributed by atoms with Gasteiger partial charge < -0.3 is 5.32 Å². The maximum absolute atomic E-state index is 12.9. The zero-order valence-corrected chi connectivity index (χ0v) is 15.1. The maximum Gasteiger partial charge on any atom is 0.325 e. The first-order chi connectivity index (χ1) is 11.9. The third kappa shape index (κ3) is 4.14. The van der Waals surface area contributed by atoms with Crippen molar-refractivity contribution in [2.24, 2.45) is 0 Å². The van der Waals surface area contributed by atoms with Crippen molar-refractivity contribution in [3.8, 4) is 0 Å². The van der Waals surface area contributed by atoms with E-state index in [2.05, 4.69) is 15.6 Å². The Bertz CT molecular complexity index is 881. The Labute approximate surface area is 148 Å². The summed E-state index contributed by atoms with van der Waals surface area (Å²) in [6.45, 7) is 2.29. The highest BCUT2D eigenvalue weighted by atomic mass is 32.2. The van der Waals surface area contributed by atoms with Gasteiger partial charge in [0.05, 0.1) is 11.4 Å². The van der Waals surface area contributed by atoms with E-state index in [1.54, 1.807) is 6.92 Å². The molecule has 3 rings (SSSR count). The number of rotatable bonds is 4. The van der Waals surface area contributed by atoms with Gasteiger partial charge in [0.1, 0.15) is 5.82 Å². The lowest BCUT2D eigenvalue weighted by Gasteiger charge is -2.24. The zero-order chi connectivity index (χ0) is 18.0. The van der Waals surface area contributed by atoms with Gasteiger partial charge in [0.25, 0.3) is 0 Å². The lowest BCUT2D eigenvalue weighted by molar-refractivity contribution is 0.262. The fourth-order valence-corrected chi connectivity index (χ4v) is 4.60. The highest BCUT2D eigenvalue weighted by molar-refractivity contribution is 7.89. The van der Waals surface area contributed by atoms with Crippen LogP contribution in [0.5, 0.6) is 0 Å². The summed E-state index contributed by atoms with van der Waals surface area (Å²) in [5.74, 6) is -0.322. The SMILES string of the molecule is CCS(=O)(=O)N1CCc2nc(NC(=O)Nc3ccc(F)cc3)sc2C1. The van der Waals surface area contributed by atoms with Crippen LogP contribution >= 0.6 is 11.3 Å². The van der Waals surface area contributed by atoms with Crippen LogP contribution in [0.15, 0.2) is 24.3 Å². The predicted molar refractivity (Wildman–Crippen MR) is 94.7 cm³/mol. The van der Waals surface area contributed by atoms with Gasteiger partial charge in [-0.2, -0.15) is 4.31 Å². The molecule has 2 heterocycles. The molecule has 2 amide bonds. The molecule has 7 nitrogen and oxygen atoms in total. The largest absolute Gasteiger partial charge is 0.325 e. The van der Waals surface area contributed by atoms with Crippen LogP contribution in [0.3, 0.4) is 0 Å². The number of nitrogens with one attached hydrogen (secondary N) is 2. The first-order valence-electron chi connectivity index (χ1n) is 7.67. The number of aromatic nitrogens is 1. The topological polar surface area (TPSA) is 91.4 Å². The number of hydrogen-bond acceptors (Lipinski definition) is 5. The molecule has 0 fully saturated rings. The number of anilines is 2. The summed E-state index contributed by atoms with van der Waals surface area (Å²) < 4.78 is 38.3. The number of fused-ring (bicyclic) bond motifs is 1. The van der Waals surface area contributed by atoms with E-state index in [1.165, 1.54) is 39.9 Å². The first kappa shape index (κ1) is 17.8. The Morgan fingerprint density at radius 3 is 2.72 bits per heavy atom. The van der Waals surface area contributed by atoms with Gasteiger partial charge in [0.2, 0.25) is 10.0 Å². The van der Waals surface area contributed by atoms with Crippen LogP contribution in [0.2, 0.25) is 0 Å². The molecular formula is C15H17FN4O3S2. The molecule has 0 bridgehead atoms. The van der Waals surface area contributed by atoms with Crippen LogP contribution in [0, 0.1) is 5.82 Å². The third-order valence-corrected chi connectivity index (χ3v) is 6.60. The Balaban J connectivity index is 1.65. The quantitative estimate of drug-likeness (QED) is 0.848. The number of sulfonamides is 1. The van der Waals surface area contributed by atoms with E-state index >= 15 is 0 Å². The second-order valence-electron chi connectivity index (χ2n) is 5.46. The molecule has 1 aromatic carbocycles. The third-order valence-electron chi connectivity index (χ3n) is 3.78. The number of carbonyl (C=O) groups is 1. The van der Waals surface area contributed by atoms with E-state index in [9.17, 15) is 17.6 Å². The van der Waals surface area contributed by atoms with E-state index in [1.807, 2.05) is 0 Å². The molecule has 10 heteroatoms. The molecule has 1 aliphatic rings. The average molecular weight is 384 g/mol. The maximum atomic E-state index is 12.9. The van der Waals surface area contributed by atoms with Gasteiger partial charge in [0.15, 0.2) is 5.13 Å². The van der Waals surface area contributed by atoms with Crippen molar-refractivity contribution >= 4 is 38.2 Å². The second kappa shape index (κ2) is 7.06. The number of benzene rings is 1. The van der Waals surface area contributed by atoms with Gasteiger partial charge in [-0.3, -0.25) is 5.32 Å². The van der Waals surface area contributed by atoms with E-state index in [0.29, 0.717) is 23.8 Å². The smallest absolute Gasteiger partial charge is 0.308 e. The summed E-state index contributed by atoms with van der Waals surface area (Å²) in [6, 6.07) is 4.92. The highest BCUT2D eigenvalue weighted by Crippen LogP contribution is 2.29. The van der Waals surface area contributed by atoms with Crippen molar-refractivity contribution in [3.63, 3.8) is 0 Å². The summed E-state index contributed by atoms with van der Waals surface area (Å²) in [6.07, 6.45) is 0.520. The summed E-state index contributed by atoms with van der Waals surface area (Å²) >= 11 is 1.26. The Hall–Kier alpha value is -2.04. The van der Waals surface area contributed by atoms with Gasteiger partial charge in [-0.25, -0.2) is 22.6 Å². The summed E-state index contributed by atoms with van der Waals surface area (Å²) in [4.78, 5) is 17.2. The summed E-state index contributed by atoms with van der Waals surface area (Å²) in [5, 5.41) is 5.61. The molecule has 25 heavy (non-hydrogen) atoms. The Kier molecular flexibility index (Phi) is 5.02. The number of halogens is 1. The second-order valence-corrected chi connectivity index (χ2v) is 8.80. The summed E-state index contributed by atoms with van der Waals surface area (Å²) in [7, 11) is -3.24.